The number of benzene rings is 1. The van der Waals surface area contributed by atoms with Crippen LogP contribution in [0.2, 0.25) is 0 Å². The minimum atomic E-state index is -0.358. The molecule has 0 saturated heterocycles. The molecule has 1 heterocycles. The Balaban J connectivity index is 2.39. The van der Waals surface area contributed by atoms with Crippen LogP contribution in [0.15, 0.2) is 45.4 Å². The van der Waals surface area contributed by atoms with E-state index in [1.54, 1.807) is 18.3 Å². The first-order chi connectivity index (χ1) is 7.66. The van der Waals surface area contributed by atoms with Crippen molar-refractivity contribution in [3.8, 4) is 5.75 Å². The topological polar surface area (TPSA) is 58.6 Å². The third-order valence-electron chi connectivity index (χ3n) is 2.27. The summed E-state index contributed by atoms with van der Waals surface area (Å²) in [6.07, 6.45) is 6.85. The predicted octanol–water partition coefficient (Wildman–Crippen LogP) is 2.46. The highest BCUT2D eigenvalue weighted by molar-refractivity contribution is 9.10. The van der Waals surface area contributed by atoms with Crippen molar-refractivity contribution in [2.24, 2.45) is 10.7 Å². The van der Waals surface area contributed by atoms with Crippen molar-refractivity contribution in [1.29, 1.82) is 0 Å². The quantitative estimate of drug-likeness (QED) is 0.829. The summed E-state index contributed by atoms with van der Waals surface area (Å²) in [4.78, 5) is 4.06. The predicted molar refractivity (Wildman–Crippen MR) is 69.4 cm³/mol. The second-order valence-corrected chi connectivity index (χ2v) is 4.37. The smallest absolute Gasteiger partial charge is 0.123 e. The van der Waals surface area contributed by atoms with Gasteiger partial charge in [-0.3, -0.25) is 4.99 Å². The van der Waals surface area contributed by atoms with Crippen LogP contribution in [0.1, 0.15) is 5.56 Å². The van der Waals surface area contributed by atoms with Gasteiger partial charge in [-0.1, -0.05) is 22.0 Å². The van der Waals surface area contributed by atoms with Gasteiger partial charge in [-0.15, -0.1) is 0 Å². The largest absolute Gasteiger partial charge is 0.507 e. The minimum Gasteiger partial charge on any atom is -0.507 e. The molecule has 3 N–H and O–H groups in total. The van der Waals surface area contributed by atoms with Crippen LogP contribution in [-0.4, -0.2) is 17.5 Å². The van der Waals surface area contributed by atoms with E-state index in [0.29, 0.717) is 0 Å². The monoisotopic (exact) mass is 278 g/mol. The summed E-state index contributed by atoms with van der Waals surface area (Å²) < 4.78 is 0.911. The maximum atomic E-state index is 9.68. The number of aliphatic imine (C=N–C) groups is 1. The van der Waals surface area contributed by atoms with Crippen molar-refractivity contribution < 1.29 is 5.11 Å². The third kappa shape index (κ3) is 2.40. The first-order valence-electron chi connectivity index (χ1n) is 4.82. The van der Waals surface area contributed by atoms with Crippen LogP contribution in [0.4, 0.5) is 0 Å². The maximum Gasteiger partial charge on any atom is 0.123 e. The molecule has 82 valence electrons. The lowest BCUT2D eigenvalue weighted by Gasteiger charge is -2.11. The van der Waals surface area contributed by atoms with E-state index in [-0.39, 0.29) is 11.9 Å². The maximum absolute atomic E-state index is 9.68. The van der Waals surface area contributed by atoms with Gasteiger partial charge in [-0.05, 0) is 35.9 Å². The SMILES string of the molecule is NC1N=CC=CC1=Cc1cc(Br)ccc1O. The van der Waals surface area contributed by atoms with Crippen molar-refractivity contribution in [1.82, 2.24) is 0 Å². The van der Waals surface area contributed by atoms with Crippen molar-refractivity contribution in [2.75, 3.05) is 0 Å². The Hall–Kier alpha value is -1.39. The molecule has 0 fully saturated rings. The second kappa shape index (κ2) is 4.63. The Kier molecular flexibility index (Phi) is 3.22. The molecule has 16 heavy (non-hydrogen) atoms. The fourth-order valence-electron chi connectivity index (χ4n) is 1.44. The van der Waals surface area contributed by atoms with Gasteiger partial charge < -0.3 is 10.8 Å². The van der Waals surface area contributed by atoms with Crippen LogP contribution in [0.25, 0.3) is 6.08 Å². The van der Waals surface area contributed by atoms with Crippen molar-refractivity contribution >= 4 is 28.2 Å². The molecule has 0 aromatic heterocycles. The molecule has 4 heteroatoms. The van der Waals surface area contributed by atoms with Crippen LogP contribution in [0, 0.1) is 0 Å². The summed E-state index contributed by atoms with van der Waals surface area (Å²) in [6.45, 7) is 0. The van der Waals surface area contributed by atoms with Gasteiger partial charge in [0, 0.05) is 16.3 Å². The Morgan fingerprint density at radius 2 is 2.25 bits per heavy atom. The summed E-state index contributed by atoms with van der Waals surface area (Å²) in [6, 6.07) is 5.26. The van der Waals surface area contributed by atoms with E-state index in [1.807, 2.05) is 24.3 Å². The highest BCUT2D eigenvalue weighted by atomic mass is 79.9. The van der Waals surface area contributed by atoms with Crippen LogP contribution in [0.3, 0.4) is 0 Å². The normalized spacial score (nSPS) is 21.6. The van der Waals surface area contributed by atoms with E-state index < -0.39 is 0 Å². The molecule has 0 amide bonds. The van der Waals surface area contributed by atoms with E-state index in [1.165, 1.54) is 0 Å². The van der Waals surface area contributed by atoms with Crippen molar-refractivity contribution in [2.45, 2.75) is 6.17 Å². The van der Waals surface area contributed by atoms with Crippen LogP contribution in [-0.2, 0) is 0 Å². The first-order valence-corrected chi connectivity index (χ1v) is 5.61. The van der Waals surface area contributed by atoms with Gasteiger partial charge in [0.15, 0.2) is 0 Å². The number of hydrogen-bond donors (Lipinski definition) is 2. The zero-order valence-electron chi connectivity index (χ0n) is 8.47. The average molecular weight is 279 g/mol. The number of nitrogens with two attached hydrogens (primary N) is 1. The van der Waals surface area contributed by atoms with Crippen molar-refractivity contribution in [3.63, 3.8) is 0 Å². The first kappa shape index (κ1) is 11.1. The van der Waals surface area contributed by atoms with Gasteiger partial charge in [-0.25, -0.2) is 0 Å². The molecule has 2 rings (SSSR count). The Bertz CT molecular complexity index is 492. The highest BCUT2D eigenvalue weighted by Gasteiger charge is 2.08. The lowest BCUT2D eigenvalue weighted by Crippen LogP contribution is -2.20. The van der Waals surface area contributed by atoms with Gasteiger partial charge in [-0.2, -0.15) is 0 Å². The molecule has 0 radical (unpaired) electrons. The molecule has 1 aromatic carbocycles. The molecule has 0 aliphatic carbocycles. The number of rotatable bonds is 1. The zero-order chi connectivity index (χ0) is 11.5. The summed E-state index contributed by atoms with van der Waals surface area (Å²) in [7, 11) is 0. The standard InChI is InChI=1S/C12H11BrN2O/c13-10-3-4-11(16)9(7-10)6-8-2-1-5-15-12(8)14/h1-7,12,16H,14H2. The Morgan fingerprint density at radius 1 is 1.44 bits per heavy atom. The molecule has 1 aromatic rings. The summed E-state index contributed by atoms with van der Waals surface area (Å²) >= 11 is 3.36. The molecule has 1 aliphatic rings. The van der Waals surface area contributed by atoms with Crippen LogP contribution in [0.5, 0.6) is 5.75 Å². The Labute approximate surface area is 102 Å². The molecule has 0 saturated carbocycles. The fourth-order valence-corrected chi connectivity index (χ4v) is 1.81. The molecule has 0 spiro atoms. The summed E-state index contributed by atoms with van der Waals surface area (Å²) in [5.74, 6) is 0.228. The number of dihydropyridines is 1. The number of allylic oxidation sites excluding steroid dienone is 1. The van der Waals surface area contributed by atoms with Gasteiger partial charge in [0.2, 0.25) is 0 Å². The summed E-state index contributed by atoms with van der Waals surface area (Å²) in [5, 5.41) is 9.68. The lowest BCUT2D eigenvalue weighted by molar-refractivity contribution is 0.474. The molecule has 1 atom stereocenters. The van der Waals surface area contributed by atoms with Crippen molar-refractivity contribution in [3.05, 3.63) is 46.0 Å². The second-order valence-electron chi connectivity index (χ2n) is 3.45. The van der Waals surface area contributed by atoms with E-state index in [9.17, 15) is 5.11 Å². The van der Waals surface area contributed by atoms with E-state index in [2.05, 4.69) is 20.9 Å². The number of phenols is 1. The number of halogens is 1. The molecule has 1 unspecified atom stereocenters. The van der Waals surface area contributed by atoms with Gasteiger partial charge in [0.05, 0.1) is 0 Å². The zero-order valence-corrected chi connectivity index (χ0v) is 10.1. The van der Waals surface area contributed by atoms with E-state index in [4.69, 9.17) is 5.73 Å². The Morgan fingerprint density at radius 3 is 3.00 bits per heavy atom. The minimum absolute atomic E-state index is 0.228. The van der Waals surface area contributed by atoms with Crippen LogP contribution < -0.4 is 5.73 Å². The fraction of sp³-hybridized carbons (Fsp3) is 0.0833. The van der Waals surface area contributed by atoms with E-state index >= 15 is 0 Å². The van der Waals surface area contributed by atoms with Gasteiger partial charge in [0.25, 0.3) is 0 Å². The molecule has 1 aliphatic heterocycles. The lowest BCUT2D eigenvalue weighted by atomic mass is 10.1. The number of phenolic OH excluding ortho intramolecular Hbond substituents is 1. The molecule has 3 nitrogen and oxygen atoms in total. The summed E-state index contributed by atoms with van der Waals surface area (Å²) in [5.41, 5.74) is 7.40. The molecular formula is C12H11BrN2O. The number of aromatic hydroxyl groups is 1. The average Bonchev–Trinajstić information content (AvgIpc) is 2.27. The molecular weight excluding hydrogens is 268 g/mol. The van der Waals surface area contributed by atoms with E-state index in [0.717, 1.165) is 15.6 Å². The molecule has 0 bridgehead atoms. The number of nitrogens with zero attached hydrogens (tertiary/aromatic N) is 1. The van der Waals surface area contributed by atoms with Crippen LogP contribution >= 0.6 is 15.9 Å². The van der Waals surface area contributed by atoms with Gasteiger partial charge in [0.1, 0.15) is 11.9 Å². The highest BCUT2D eigenvalue weighted by Crippen LogP contribution is 2.25. The van der Waals surface area contributed by atoms with Gasteiger partial charge >= 0.3 is 0 Å². The third-order valence-corrected chi connectivity index (χ3v) is 2.77. The number of hydrogen-bond acceptors (Lipinski definition) is 3.